The van der Waals surface area contributed by atoms with E-state index in [1.54, 1.807) is 0 Å². The average Bonchev–Trinajstić information content (AvgIpc) is 3.26. The molecular formula is C17H21N3O. The van der Waals surface area contributed by atoms with Crippen LogP contribution in [0.1, 0.15) is 24.8 Å². The predicted octanol–water partition coefficient (Wildman–Crippen LogP) is 1.72. The van der Waals surface area contributed by atoms with Crippen molar-refractivity contribution >= 4 is 5.91 Å². The summed E-state index contributed by atoms with van der Waals surface area (Å²) >= 11 is 0. The number of hydrogen-bond acceptors (Lipinski definition) is 3. The first kappa shape index (κ1) is 14.1. The van der Waals surface area contributed by atoms with Gasteiger partial charge in [-0.2, -0.15) is 5.26 Å². The van der Waals surface area contributed by atoms with E-state index in [1.165, 1.54) is 12.8 Å². The highest BCUT2D eigenvalue weighted by Gasteiger charge is 2.35. The Morgan fingerprint density at radius 2 is 2.10 bits per heavy atom. The first-order valence-electron chi connectivity index (χ1n) is 7.74. The van der Waals surface area contributed by atoms with Gasteiger partial charge in [0.1, 0.15) is 5.92 Å². The van der Waals surface area contributed by atoms with Gasteiger partial charge in [0.25, 0.3) is 0 Å². The highest BCUT2D eigenvalue weighted by Crippen LogP contribution is 2.29. The SMILES string of the molecule is N#CC(Cc1ccccc1)C(=O)NC1CCN(C2CC2)C1. The molecule has 1 N–H and O–H groups in total. The van der Waals surface area contributed by atoms with Gasteiger partial charge >= 0.3 is 0 Å². The molecule has 4 nitrogen and oxygen atoms in total. The fourth-order valence-electron chi connectivity index (χ4n) is 3.02. The predicted molar refractivity (Wildman–Crippen MR) is 80.4 cm³/mol. The van der Waals surface area contributed by atoms with Gasteiger partial charge in [-0.15, -0.1) is 0 Å². The van der Waals surface area contributed by atoms with Crippen molar-refractivity contribution in [3.05, 3.63) is 35.9 Å². The van der Waals surface area contributed by atoms with Crippen LogP contribution in [0.2, 0.25) is 0 Å². The van der Waals surface area contributed by atoms with Crippen molar-refractivity contribution < 1.29 is 4.79 Å². The van der Waals surface area contributed by atoms with Gasteiger partial charge in [0.05, 0.1) is 6.07 Å². The largest absolute Gasteiger partial charge is 0.351 e. The molecule has 21 heavy (non-hydrogen) atoms. The fourth-order valence-corrected chi connectivity index (χ4v) is 3.02. The highest BCUT2D eigenvalue weighted by atomic mass is 16.1. The van der Waals surface area contributed by atoms with E-state index in [2.05, 4.69) is 16.3 Å². The van der Waals surface area contributed by atoms with Crippen LogP contribution in [0.25, 0.3) is 0 Å². The molecule has 1 aliphatic heterocycles. The summed E-state index contributed by atoms with van der Waals surface area (Å²) in [4.78, 5) is 14.7. The molecule has 1 aromatic carbocycles. The lowest BCUT2D eigenvalue weighted by Crippen LogP contribution is -2.41. The second-order valence-electron chi connectivity index (χ2n) is 6.09. The number of nitriles is 1. The number of nitrogens with one attached hydrogen (secondary N) is 1. The maximum absolute atomic E-state index is 12.3. The molecule has 1 amide bonds. The zero-order valence-corrected chi connectivity index (χ0v) is 12.2. The van der Waals surface area contributed by atoms with Crippen LogP contribution in [0, 0.1) is 17.2 Å². The van der Waals surface area contributed by atoms with Gasteiger partial charge < -0.3 is 5.32 Å². The van der Waals surface area contributed by atoms with Crippen LogP contribution in [0.5, 0.6) is 0 Å². The van der Waals surface area contributed by atoms with Crippen molar-refractivity contribution in [1.82, 2.24) is 10.2 Å². The summed E-state index contributed by atoms with van der Waals surface area (Å²) in [6, 6.07) is 12.8. The van der Waals surface area contributed by atoms with Crippen molar-refractivity contribution in [1.29, 1.82) is 5.26 Å². The Morgan fingerprint density at radius 3 is 2.76 bits per heavy atom. The molecule has 2 unspecified atom stereocenters. The molecule has 2 fully saturated rings. The molecule has 4 heteroatoms. The van der Waals surface area contributed by atoms with Crippen LogP contribution in [-0.2, 0) is 11.2 Å². The maximum atomic E-state index is 12.3. The summed E-state index contributed by atoms with van der Waals surface area (Å²) in [7, 11) is 0. The standard InChI is InChI=1S/C17H21N3O/c18-11-14(10-13-4-2-1-3-5-13)17(21)19-15-8-9-20(12-15)16-6-7-16/h1-5,14-16H,6-10,12H2,(H,19,21). The van der Waals surface area contributed by atoms with Gasteiger partial charge in [-0.05, 0) is 31.2 Å². The molecule has 0 aromatic heterocycles. The van der Waals surface area contributed by atoms with Crippen LogP contribution >= 0.6 is 0 Å². The van der Waals surface area contributed by atoms with Gasteiger partial charge in [-0.1, -0.05) is 30.3 Å². The monoisotopic (exact) mass is 283 g/mol. The van der Waals surface area contributed by atoms with Crippen LogP contribution in [0.3, 0.4) is 0 Å². The van der Waals surface area contributed by atoms with Crippen LogP contribution in [-0.4, -0.2) is 36.0 Å². The summed E-state index contributed by atoms with van der Waals surface area (Å²) in [6.45, 7) is 2.02. The summed E-state index contributed by atoms with van der Waals surface area (Å²) < 4.78 is 0. The van der Waals surface area contributed by atoms with Crippen molar-refractivity contribution in [2.45, 2.75) is 37.8 Å². The minimum absolute atomic E-state index is 0.121. The molecule has 110 valence electrons. The number of amides is 1. The summed E-state index contributed by atoms with van der Waals surface area (Å²) in [5.74, 6) is -0.716. The van der Waals surface area contributed by atoms with E-state index in [9.17, 15) is 10.1 Å². The van der Waals surface area contributed by atoms with Crippen molar-refractivity contribution in [2.75, 3.05) is 13.1 Å². The molecule has 2 aliphatic rings. The molecule has 1 saturated heterocycles. The number of nitrogens with zero attached hydrogens (tertiary/aromatic N) is 2. The van der Waals surface area contributed by atoms with E-state index >= 15 is 0 Å². The molecule has 2 atom stereocenters. The first-order valence-corrected chi connectivity index (χ1v) is 7.74. The van der Waals surface area contributed by atoms with Crippen LogP contribution < -0.4 is 5.32 Å². The Hall–Kier alpha value is -1.86. The second kappa shape index (κ2) is 6.28. The number of likely N-dealkylation sites (tertiary alicyclic amines) is 1. The number of rotatable bonds is 5. The van der Waals surface area contributed by atoms with Gasteiger partial charge in [0, 0.05) is 25.2 Å². The lowest BCUT2D eigenvalue weighted by Gasteiger charge is -2.17. The minimum Gasteiger partial charge on any atom is -0.351 e. The van der Waals surface area contributed by atoms with Gasteiger partial charge in [-0.3, -0.25) is 9.69 Å². The smallest absolute Gasteiger partial charge is 0.237 e. The van der Waals surface area contributed by atoms with Crippen molar-refractivity contribution in [3.8, 4) is 6.07 Å². The van der Waals surface area contributed by atoms with Gasteiger partial charge in [-0.25, -0.2) is 0 Å². The summed E-state index contributed by atoms with van der Waals surface area (Å²) in [5, 5.41) is 12.3. The normalized spacial score (nSPS) is 23.5. The van der Waals surface area contributed by atoms with Crippen molar-refractivity contribution in [2.24, 2.45) is 5.92 Å². The van der Waals surface area contributed by atoms with Crippen molar-refractivity contribution in [3.63, 3.8) is 0 Å². The summed E-state index contributed by atoms with van der Waals surface area (Å²) in [6.07, 6.45) is 4.10. The zero-order chi connectivity index (χ0) is 14.7. The molecule has 1 saturated carbocycles. The van der Waals surface area contributed by atoms with E-state index in [4.69, 9.17) is 0 Å². The Kier molecular flexibility index (Phi) is 4.21. The van der Waals surface area contributed by atoms with Crippen LogP contribution in [0.4, 0.5) is 0 Å². The maximum Gasteiger partial charge on any atom is 0.237 e. The Balaban J connectivity index is 1.52. The third-order valence-corrected chi connectivity index (χ3v) is 4.38. The minimum atomic E-state index is -0.595. The highest BCUT2D eigenvalue weighted by molar-refractivity contribution is 5.81. The Bertz CT molecular complexity index is 533. The molecule has 1 heterocycles. The number of carbonyl (C=O) groups excluding carboxylic acids is 1. The van der Waals surface area contributed by atoms with Gasteiger partial charge in [0.15, 0.2) is 0 Å². The summed E-state index contributed by atoms with van der Waals surface area (Å²) in [5.41, 5.74) is 1.03. The van der Waals surface area contributed by atoms with E-state index in [-0.39, 0.29) is 11.9 Å². The lowest BCUT2D eigenvalue weighted by atomic mass is 9.99. The molecule has 0 radical (unpaired) electrons. The zero-order valence-electron chi connectivity index (χ0n) is 12.2. The molecular weight excluding hydrogens is 262 g/mol. The third kappa shape index (κ3) is 3.62. The van der Waals surface area contributed by atoms with E-state index in [0.717, 1.165) is 31.1 Å². The van der Waals surface area contributed by atoms with E-state index in [0.29, 0.717) is 6.42 Å². The first-order chi connectivity index (χ1) is 10.3. The van der Waals surface area contributed by atoms with Gasteiger partial charge in [0.2, 0.25) is 5.91 Å². The Labute approximate surface area is 125 Å². The second-order valence-corrected chi connectivity index (χ2v) is 6.09. The third-order valence-electron chi connectivity index (χ3n) is 4.38. The van der Waals surface area contributed by atoms with E-state index < -0.39 is 5.92 Å². The molecule has 1 aliphatic carbocycles. The topological polar surface area (TPSA) is 56.1 Å². The number of carbonyl (C=O) groups is 1. The lowest BCUT2D eigenvalue weighted by molar-refractivity contribution is -0.124. The van der Waals surface area contributed by atoms with E-state index in [1.807, 2.05) is 30.3 Å². The van der Waals surface area contributed by atoms with Crippen LogP contribution in [0.15, 0.2) is 30.3 Å². The fraction of sp³-hybridized carbons (Fsp3) is 0.529. The number of hydrogen-bond donors (Lipinski definition) is 1. The quantitative estimate of drug-likeness (QED) is 0.895. The molecule has 3 rings (SSSR count). The molecule has 0 spiro atoms. The molecule has 1 aromatic rings. The molecule has 0 bridgehead atoms. The number of benzene rings is 1. The average molecular weight is 283 g/mol. The Morgan fingerprint density at radius 1 is 1.33 bits per heavy atom.